The van der Waals surface area contributed by atoms with Gasteiger partial charge in [-0.05, 0) is 60.4 Å². The predicted octanol–water partition coefficient (Wildman–Crippen LogP) is 11.2. The van der Waals surface area contributed by atoms with Crippen LogP contribution in [0, 0.1) is 17.5 Å². The van der Waals surface area contributed by atoms with Crippen LogP contribution in [0.3, 0.4) is 0 Å². The van der Waals surface area contributed by atoms with Gasteiger partial charge in [0.2, 0.25) is 0 Å². The molecule has 216 valence electrons. The summed E-state index contributed by atoms with van der Waals surface area (Å²) in [7, 11) is 0. The Kier molecular flexibility index (Phi) is 11.7. The van der Waals surface area contributed by atoms with Gasteiger partial charge in [0.1, 0.15) is 5.82 Å². The first-order valence-corrected chi connectivity index (χ1v) is 15.5. The third-order valence-corrected chi connectivity index (χ3v) is 8.43. The van der Waals surface area contributed by atoms with Gasteiger partial charge in [0.15, 0.2) is 11.6 Å². The van der Waals surface area contributed by atoms with Crippen molar-refractivity contribution < 1.29 is 17.9 Å². The number of rotatable bonds is 14. The molecule has 2 unspecified atom stereocenters. The number of hydrogen-bond acceptors (Lipinski definition) is 1. The normalized spacial score (nSPS) is 17.3. The summed E-state index contributed by atoms with van der Waals surface area (Å²) in [6.07, 6.45) is 14.4. The minimum Gasteiger partial charge on any atom is -0.378 e. The number of hydrogen-bond donors (Lipinski definition) is 0. The lowest BCUT2D eigenvalue weighted by molar-refractivity contribution is -0.00211. The van der Waals surface area contributed by atoms with E-state index in [0.717, 1.165) is 44.1 Å². The molecule has 0 radical (unpaired) electrons. The molecular formula is C36H45F3O. The van der Waals surface area contributed by atoms with E-state index in [1.54, 1.807) is 42.5 Å². The minimum absolute atomic E-state index is 0.218. The van der Waals surface area contributed by atoms with Gasteiger partial charge >= 0.3 is 0 Å². The smallest absolute Gasteiger partial charge is 0.166 e. The van der Waals surface area contributed by atoms with Crippen LogP contribution in [-0.2, 0) is 11.2 Å². The Labute approximate surface area is 239 Å². The second kappa shape index (κ2) is 15.4. The topological polar surface area (TPSA) is 9.23 Å². The van der Waals surface area contributed by atoms with Gasteiger partial charge in [-0.25, -0.2) is 13.2 Å². The molecule has 1 saturated heterocycles. The lowest BCUT2D eigenvalue weighted by Gasteiger charge is -2.29. The van der Waals surface area contributed by atoms with Gasteiger partial charge in [0.25, 0.3) is 0 Å². The van der Waals surface area contributed by atoms with Crippen LogP contribution in [0.25, 0.3) is 22.3 Å². The Morgan fingerprint density at radius 1 is 0.675 bits per heavy atom. The molecule has 4 heteroatoms. The summed E-state index contributed by atoms with van der Waals surface area (Å²) in [6, 6.07) is 15.8. The maximum Gasteiger partial charge on any atom is 0.166 e. The summed E-state index contributed by atoms with van der Waals surface area (Å²) in [4.78, 5) is 0. The largest absolute Gasteiger partial charge is 0.378 e. The minimum atomic E-state index is -0.811. The van der Waals surface area contributed by atoms with Crippen LogP contribution < -0.4 is 0 Å². The highest BCUT2D eigenvalue weighted by molar-refractivity contribution is 5.71. The fourth-order valence-corrected chi connectivity index (χ4v) is 5.87. The summed E-state index contributed by atoms with van der Waals surface area (Å²) in [5.74, 6) is -1.62. The Morgan fingerprint density at radius 3 is 2.00 bits per heavy atom. The third-order valence-electron chi connectivity index (χ3n) is 8.43. The number of unbranched alkanes of at least 4 members (excludes halogenated alkanes) is 7. The number of aryl methyl sites for hydroxylation is 1. The monoisotopic (exact) mass is 550 g/mol. The van der Waals surface area contributed by atoms with E-state index >= 15 is 4.39 Å². The zero-order valence-electron chi connectivity index (χ0n) is 24.3. The quantitative estimate of drug-likeness (QED) is 0.181. The molecule has 0 amide bonds. The number of halogens is 3. The van der Waals surface area contributed by atoms with Crippen LogP contribution in [0.5, 0.6) is 0 Å². The van der Waals surface area contributed by atoms with Gasteiger partial charge in [-0.1, -0.05) is 114 Å². The van der Waals surface area contributed by atoms with Crippen LogP contribution in [0.1, 0.15) is 108 Å². The first-order chi connectivity index (χ1) is 19.5. The fourth-order valence-electron chi connectivity index (χ4n) is 5.87. The average Bonchev–Trinajstić information content (AvgIpc) is 2.98. The molecule has 3 aromatic carbocycles. The molecule has 1 aliphatic rings. The van der Waals surface area contributed by atoms with Crippen molar-refractivity contribution in [2.45, 2.75) is 109 Å². The summed E-state index contributed by atoms with van der Waals surface area (Å²) < 4.78 is 51.1. The molecule has 1 fully saturated rings. The molecule has 1 heterocycles. The van der Waals surface area contributed by atoms with Crippen LogP contribution in [0.2, 0.25) is 0 Å². The van der Waals surface area contributed by atoms with Crippen molar-refractivity contribution in [2.24, 2.45) is 0 Å². The van der Waals surface area contributed by atoms with Crippen LogP contribution >= 0.6 is 0 Å². The van der Waals surface area contributed by atoms with Crippen LogP contribution in [0.4, 0.5) is 13.2 Å². The van der Waals surface area contributed by atoms with E-state index in [1.165, 1.54) is 38.5 Å². The summed E-state index contributed by atoms with van der Waals surface area (Å²) in [5.41, 5.74) is 3.44. The number of ether oxygens (including phenoxy) is 1. The first-order valence-electron chi connectivity index (χ1n) is 15.5. The Hall–Kier alpha value is -2.59. The molecular weight excluding hydrogens is 505 g/mol. The molecule has 4 rings (SSSR count). The summed E-state index contributed by atoms with van der Waals surface area (Å²) in [5, 5.41) is 0. The molecule has 1 nitrogen and oxygen atoms in total. The van der Waals surface area contributed by atoms with E-state index in [-0.39, 0.29) is 17.3 Å². The summed E-state index contributed by atoms with van der Waals surface area (Å²) >= 11 is 0. The van der Waals surface area contributed by atoms with E-state index in [2.05, 4.69) is 13.8 Å². The maximum atomic E-state index is 15.2. The van der Waals surface area contributed by atoms with Crippen molar-refractivity contribution in [2.75, 3.05) is 6.61 Å². The highest BCUT2D eigenvalue weighted by Gasteiger charge is 2.23. The third kappa shape index (κ3) is 8.00. The van der Waals surface area contributed by atoms with Crippen molar-refractivity contribution in [3.8, 4) is 22.3 Å². The van der Waals surface area contributed by atoms with Crippen molar-refractivity contribution >= 4 is 0 Å². The molecule has 0 aromatic heterocycles. The molecule has 2 atom stereocenters. The van der Waals surface area contributed by atoms with Crippen molar-refractivity contribution in [3.63, 3.8) is 0 Å². The van der Waals surface area contributed by atoms with E-state index in [9.17, 15) is 8.78 Å². The molecule has 0 N–H and O–H groups in total. The average molecular weight is 551 g/mol. The van der Waals surface area contributed by atoms with Crippen molar-refractivity contribution in [1.29, 1.82) is 0 Å². The van der Waals surface area contributed by atoms with Gasteiger partial charge in [0, 0.05) is 17.0 Å². The zero-order chi connectivity index (χ0) is 28.3. The maximum absolute atomic E-state index is 15.2. The molecule has 0 bridgehead atoms. The lowest BCUT2D eigenvalue weighted by atomic mass is 9.89. The van der Waals surface area contributed by atoms with Crippen LogP contribution in [0.15, 0.2) is 54.6 Å². The molecule has 0 saturated carbocycles. The van der Waals surface area contributed by atoms with Crippen molar-refractivity contribution in [3.05, 3.63) is 83.2 Å². The molecule has 1 aliphatic heterocycles. The second-order valence-corrected chi connectivity index (χ2v) is 11.5. The molecule has 0 spiro atoms. The highest BCUT2D eigenvalue weighted by Crippen LogP contribution is 2.34. The molecule has 3 aromatic rings. The van der Waals surface area contributed by atoms with Gasteiger partial charge < -0.3 is 4.74 Å². The van der Waals surface area contributed by atoms with E-state index < -0.39 is 11.6 Å². The SMILES string of the molecule is CCCCCCCCc1ccc(-c2ccc(-c3ccc(C4CCC(CCCCC)OC4)cc3F)cc2)c(F)c1F. The first kappa shape index (κ1) is 30.4. The van der Waals surface area contributed by atoms with Gasteiger partial charge in [-0.2, -0.15) is 0 Å². The van der Waals surface area contributed by atoms with Gasteiger partial charge in [-0.3, -0.25) is 0 Å². The fraction of sp³-hybridized carbons (Fsp3) is 0.500. The second-order valence-electron chi connectivity index (χ2n) is 11.5. The predicted molar refractivity (Wildman–Crippen MR) is 160 cm³/mol. The van der Waals surface area contributed by atoms with E-state index in [4.69, 9.17) is 4.74 Å². The van der Waals surface area contributed by atoms with Crippen LogP contribution in [-0.4, -0.2) is 12.7 Å². The Morgan fingerprint density at radius 2 is 1.32 bits per heavy atom. The molecule has 40 heavy (non-hydrogen) atoms. The Balaban J connectivity index is 1.37. The Bertz CT molecular complexity index is 1200. The van der Waals surface area contributed by atoms with Gasteiger partial charge in [0.05, 0.1) is 12.7 Å². The highest BCUT2D eigenvalue weighted by atomic mass is 19.2. The van der Waals surface area contributed by atoms with E-state index in [1.807, 2.05) is 12.1 Å². The molecule has 0 aliphatic carbocycles. The number of benzene rings is 3. The summed E-state index contributed by atoms with van der Waals surface area (Å²) in [6.45, 7) is 5.03. The standard InChI is InChI=1S/C36H45F3O/c1-3-5-7-8-9-11-12-28-19-23-33(36(39)35(28)38)27-16-14-26(15-17-27)32-22-20-29(24-34(32)37)30-18-21-31(40-25-30)13-10-6-4-2/h14-17,19-20,22-24,30-31H,3-13,18,21,25H2,1-2H3. The van der Waals surface area contributed by atoms with Gasteiger partial charge in [-0.15, -0.1) is 0 Å². The lowest BCUT2D eigenvalue weighted by Crippen LogP contribution is -2.24. The van der Waals surface area contributed by atoms with E-state index in [0.29, 0.717) is 41.4 Å². The van der Waals surface area contributed by atoms with Crippen molar-refractivity contribution in [1.82, 2.24) is 0 Å². The zero-order valence-corrected chi connectivity index (χ0v) is 24.3.